The molecule has 0 spiro atoms. The van der Waals surface area contributed by atoms with Crippen molar-refractivity contribution in [2.24, 2.45) is 0 Å². The van der Waals surface area contributed by atoms with E-state index in [9.17, 15) is 0 Å². The third kappa shape index (κ3) is 3.39. The fourth-order valence-corrected chi connectivity index (χ4v) is 5.47. The van der Waals surface area contributed by atoms with E-state index in [1.165, 1.54) is 49.5 Å². The fraction of sp³-hybridized carbons (Fsp3) is 0.212. The molecular weight excluding hydrogens is 426 g/mol. The predicted molar refractivity (Wildman–Crippen MR) is 149 cm³/mol. The Bertz CT molecular complexity index is 1610. The van der Waals surface area contributed by atoms with Crippen LogP contribution in [0.2, 0.25) is 0 Å². The monoisotopic (exact) mass is 457 g/mol. The molecule has 0 aromatic heterocycles. The van der Waals surface area contributed by atoms with Crippen molar-refractivity contribution in [2.45, 2.75) is 47.0 Å². The summed E-state index contributed by atoms with van der Waals surface area (Å²) < 4.78 is 6.59. The molecule has 0 amide bonds. The lowest BCUT2D eigenvalue weighted by Crippen LogP contribution is -2.20. The Morgan fingerprint density at radius 2 is 1.20 bits per heavy atom. The molecule has 1 aliphatic heterocycles. The van der Waals surface area contributed by atoms with Gasteiger partial charge in [0.2, 0.25) is 0 Å². The van der Waals surface area contributed by atoms with Crippen LogP contribution in [0, 0.1) is 20.8 Å². The highest BCUT2D eigenvalue weighted by atomic mass is 16.5. The number of nitrogens with zero attached hydrogens (tertiary/aromatic N) is 1. The lowest BCUT2D eigenvalue weighted by atomic mass is 9.84. The molecule has 174 valence electrons. The van der Waals surface area contributed by atoms with E-state index in [-0.39, 0.29) is 5.41 Å². The number of fused-ring (bicyclic) bond motifs is 6. The van der Waals surface area contributed by atoms with Crippen molar-refractivity contribution in [3.05, 3.63) is 101 Å². The summed E-state index contributed by atoms with van der Waals surface area (Å²) in [7, 11) is 0. The molecule has 5 aromatic rings. The van der Waals surface area contributed by atoms with Gasteiger partial charge in [-0.05, 0) is 65.8 Å². The molecule has 5 aromatic carbocycles. The molecule has 0 N–H and O–H groups in total. The maximum Gasteiger partial charge on any atom is 0.152 e. The zero-order valence-corrected chi connectivity index (χ0v) is 21.4. The maximum atomic E-state index is 6.59. The van der Waals surface area contributed by atoms with Crippen molar-refractivity contribution >= 4 is 38.6 Å². The molecule has 0 bridgehead atoms. The van der Waals surface area contributed by atoms with Gasteiger partial charge in [0.05, 0.1) is 17.1 Å². The van der Waals surface area contributed by atoms with Gasteiger partial charge in [-0.2, -0.15) is 0 Å². The molecule has 2 nitrogen and oxygen atoms in total. The topological polar surface area (TPSA) is 12.5 Å². The maximum absolute atomic E-state index is 6.59. The fourth-order valence-electron chi connectivity index (χ4n) is 5.47. The van der Waals surface area contributed by atoms with Crippen molar-refractivity contribution in [3.8, 4) is 11.5 Å². The van der Waals surface area contributed by atoms with Gasteiger partial charge in [0.15, 0.2) is 11.5 Å². The van der Waals surface area contributed by atoms with Crippen LogP contribution < -0.4 is 9.64 Å². The summed E-state index contributed by atoms with van der Waals surface area (Å²) in [6.45, 7) is 13.5. The van der Waals surface area contributed by atoms with Crippen LogP contribution in [0.15, 0.2) is 78.9 Å². The smallest absolute Gasteiger partial charge is 0.152 e. The van der Waals surface area contributed by atoms with E-state index in [1.807, 2.05) is 0 Å². The summed E-state index contributed by atoms with van der Waals surface area (Å²) in [5, 5.41) is 4.83. The average Bonchev–Trinajstić information content (AvgIpc) is 2.82. The zero-order chi connectivity index (χ0) is 24.5. The number of rotatable bonds is 1. The van der Waals surface area contributed by atoms with Crippen molar-refractivity contribution in [1.29, 1.82) is 0 Å². The molecule has 0 unspecified atom stereocenters. The van der Waals surface area contributed by atoms with Gasteiger partial charge in [-0.15, -0.1) is 0 Å². The lowest BCUT2D eigenvalue weighted by Gasteiger charge is -2.37. The number of hydrogen-bond donors (Lipinski definition) is 0. The van der Waals surface area contributed by atoms with Gasteiger partial charge in [-0.1, -0.05) is 93.1 Å². The minimum absolute atomic E-state index is 0.0891. The second-order valence-electron chi connectivity index (χ2n) is 10.9. The molecule has 0 saturated heterocycles. The molecule has 0 saturated carbocycles. The van der Waals surface area contributed by atoms with Gasteiger partial charge in [-0.3, -0.25) is 0 Å². The highest BCUT2D eigenvalue weighted by molar-refractivity contribution is 6.10. The Morgan fingerprint density at radius 1 is 0.600 bits per heavy atom. The predicted octanol–water partition coefficient (Wildman–Crippen LogP) is 9.79. The van der Waals surface area contributed by atoms with Gasteiger partial charge >= 0.3 is 0 Å². The van der Waals surface area contributed by atoms with E-state index < -0.39 is 0 Å². The molecule has 6 rings (SSSR count). The first kappa shape index (κ1) is 21.7. The summed E-state index contributed by atoms with van der Waals surface area (Å²) in [4.78, 5) is 2.46. The normalized spacial score (nSPS) is 13.0. The van der Waals surface area contributed by atoms with Crippen LogP contribution in [0.1, 0.15) is 43.0 Å². The second kappa shape index (κ2) is 7.61. The van der Waals surface area contributed by atoms with Crippen molar-refractivity contribution < 1.29 is 4.74 Å². The minimum Gasteiger partial charge on any atom is -0.453 e. The van der Waals surface area contributed by atoms with Gasteiger partial charge in [0.25, 0.3) is 0 Å². The highest BCUT2D eigenvalue weighted by Gasteiger charge is 2.32. The largest absolute Gasteiger partial charge is 0.453 e. The quantitative estimate of drug-likeness (QED) is 0.244. The molecular formula is C33H31NO. The van der Waals surface area contributed by atoms with E-state index in [4.69, 9.17) is 4.74 Å². The lowest BCUT2D eigenvalue weighted by molar-refractivity contribution is 0.478. The first-order valence-electron chi connectivity index (χ1n) is 12.4. The first-order chi connectivity index (χ1) is 16.7. The van der Waals surface area contributed by atoms with E-state index in [2.05, 4.69) is 125 Å². The Labute approximate surface area is 207 Å². The van der Waals surface area contributed by atoms with Gasteiger partial charge in [-0.25, -0.2) is 0 Å². The van der Waals surface area contributed by atoms with Crippen molar-refractivity contribution in [2.75, 3.05) is 4.90 Å². The summed E-state index contributed by atoms with van der Waals surface area (Å²) in [5.41, 5.74) is 8.69. The van der Waals surface area contributed by atoms with Crippen LogP contribution in [-0.2, 0) is 5.41 Å². The minimum atomic E-state index is 0.0891. The second-order valence-corrected chi connectivity index (χ2v) is 10.9. The number of aryl methyl sites for hydroxylation is 3. The van der Waals surface area contributed by atoms with Crippen molar-refractivity contribution in [3.63, 3.8) is 0 Å². The number of benzene rings is 5. The summed E-state index contributed by atoms with van der Waals surface area (Å²) >= 11 is 0. The average molecular weight is 458 g/mol. The van der Waals surface area contributed by atoms with Crippen LogP contribution in [0.4, 0.5) is 17.1 Å². The highest BCUT2D eigenvalue weighted by Crippen LogP contribution is 2.56. The Balaban J connectivity index is 1.75. The van der Waals surface area contributed by atoms with Crippen LogP contribution in [-0.4, -0.2) is 0 Å². The van der Waals surface area contributed by atoms with Crippen LogP contribution >= 0.6 is 0 Å². The first-order valence-corrected chi connectivity index (χ1v) is 12.4. The van der Waals surface area contributed by atoms with Crippen molar-refractivity contribution in [1.82, 2.24) is 0 Å². The van der Waals surface area contributed by atoms with Crippen LogP contribution in [0.25, 0.3) is 21.5 Å². The van der Waals surface area contributed by atoms with Crippen LogP contribution in [0.5, 0.6) is 11.5 Å². The summed E-state index contributed by atoms with van der Waals surface area (Å²) in [5.74, 6) is 1.78. The van der Waals surface area contributed by atoms with Gasteiger partial charge in [0.1, 0.15) is 0 Å². The zero-order valence-electron chi connectivity index (χ0n) is 21.4. The molecule has 2 heteroatoms. The van der Waals surface area contributed by atoms with Gasteiger partial charge < -0.3 is 9.64 Å². The Hall–Kier alpha value is -3.78. The van der Waals surface area contributed by atoms with E-state index >= 15 is 0 Å². The van der Waals surface area contributed by atoms with Gasteiger partial charge in [0, 0.05) is 10.8 Å². The van der Waals surface area contributed by atoms with E-state index in [0.717, 1.165) is 22.9 Å². The Morgan fingerprint density at radius 3 is 1.86 bits per heavy atom. The number of hydrogen-bond acceptors (Lipinski definition) is 2. The standard InChI is InChI=1S/C33H31NO/c1-20-11-14-27-24(17-20)13-16-29-32(27)34(30-21(2)18-25(19-22(30)3)33(4,5)6)31-26-10-8-7-9-23(26)12-15-28(31)35-29/h7-19H,1-6H3. The number of anilines is 3. The van der Waals surface area contributed by atoms with E-state index in [0.29, 0.717) is 0 Å². The van der Waals surface area contributed by atoms with E-state index in [1.54, 1.807) is 0 Å². The Kier molecular flexibility index (Phi) is 4.73. The third-order valence-electron chi connectivity index (χ3n) is 7.22. The number of ether oxygens (including phenoxy) is 1. The molecule has 0 atom stereocenters. The molecule has 0 radical (unpaired) electrons. The molecule has 1 aliphatic rings. The third-order valence-corrected chi connectivity index (χ3v) is 7.22. The molecule has 35 heavy (non-hydrogen) atoms. The molecule has 0 aliphatic carbocycles. The molecule has 1 heterocycles. The van der Waals surface area contributed by atoms with Crippen LogP contribution in [0.3, 0.4) is 0 Å². The molecule has 0 fully saturated rings. The SMILES string of the molecule is Cc1ccc2c3c(ccc2c1)Oc1ccc2ccccc2c1N3c1c(C)cc(C(C)(C)C)cc1C. The summed E-state index contributed by atoms with van der Waals surface area (Å²) in [6, 6.07) is 28.6. The summed E-state index contributed by atoms with van der Waals surface area (Å²) in [6.07, 6.45) is 0.